The monoisotopic (exact) mass is 657 g/mol. The molecule has 5 rings (SSSR count). The normalized spacial score (nSPS) is 18.2. The highest BCUT2D eigenvalue weighted by atomic mass is 35.5. The van der Waals surface area contributed by atoms with Crippen LogP contribution in [-0.4, -0.2) is 89.6 Å². The van der Waals surface area contributed by atoms with E-state index in [-0.39, 0.29) is 29.3 Å². The highest BCUT2D eigenvalue weighted by molar-refractivity contribution is 7.91. The van der Waals surface area contributed by atoms with E-state index in [4.69, 9.17) is 11.6 Å². The summed E-state index contributed by atoms with van der Waals surface area (Å²) in [5, 5.41) is 14.9. The SMILES string of the molecule is CNC(=O)CC1CN(S(=O)(=O)c2cc3ccc(Cl)cc3s2)CC(CC(=O)[NH+](C)[O-])N1C(=O)c1cnc(-c2ccncc2)nc1. The molecule has 1 fully saturated rings. The summed E-state index contributed by atoms with van der Waals surface area (Å²) in [6.07, 6.45) is 5.14. The maximum Gasteiger partial charge on any atom is 0.313 e. The lowest BCUT2D eigenvalue weighted by atomic mass is 10.00. The summed E-state index contributed by atoms with van der Waals surface area (Å²) < 4.78 is 29.8. The van der Waals surface area contributed by atoms with Crippen LogP contribution in [0.15, 0.2) is 65.4 Å². The standard InChI is InChI=1S/C28H28ClN7O6S2/c1-30-24(37)11-21-15-35(44(41,42)26-9-18-3-4-20(29)10-23(18)43-26)16-22(12-25(38)34(2)40)36(21)28(39)19-13-32-27(33-14-19)17-5-7-31-8-6-17/h3-10,13-14,21-22,34H,11-12,15-16H2,1-2H3,(H,30,37). The van der Waals surface area contributed by atoms with E-state index < -0.39 is 51.3 Å². The first-order valence-corrected chi connectivity index (χ1v) is 16.1. The van der Waals surface area contributed by atoms with Crippen LogP contribution in [0.5, 0.6) is 0 Å². The van der Waals surface area contributed by atoms with Crippen LogP contribution in [0.4, 0.5) is 0 Å². The molecule has 1 saturated heterocycles. The van der Waals surface area contributed by atoms with E-state index in [0.29, 0.717) is 26.5 Å². The van der Waals surface area contributed by atoms with Crippen molar-refractivity contribution in [1.82, 2.24) is 29.5 Å². The number of sulfonamides is 1. The van der Waals surface area contributed by atoms with Crippen LogP contribution in [0.3, 0.4) is 0 Å². The van der Waals surface area contributed by atoms with Gasteiger partial charge >= 0.3 is 5.91 Å². The summed E-state index contributed by atoms with van der Waals surface area (Å²) in [6.45, 7) is -0.500. The second-order valence-corrected chi connectivity index (χ2v) is 13.9. The number of thiophene rings is 1. The van der Waals surface area contributed by atoms with Gasteiger partial charge in [-0.15, -0.1) is 11.3 Å². The number of aromatic nitrogens is 3. The van der Waals surface area contributed by atoms with Crippen LogP contribution in [0.25, 0.3) is 21.5 Å². The van der Waals surface area contributed by atoms with Crippen molar-refractivity contribution in [3.63, 3.8) is 0 Å². The number of quaternary nitrogens is 1. The fourth-order valence-electron chi connectivity index (χ4n) is 5.02. The zero-order valence-electron chi connectivity index (χ0n) is 23.6. The van der Waals surface area contributed by atoms with Gasteiger partial charge in [-0.25, -0.2) is 23.2 Å². The Morgan fingerprint density at radius 1 is 1.07 bits per heavy atom. The average Bonchev–Trinajstić information content (AvgIpc) is 3.45. The molecule has 230 valence electrons. The number of carbonyl (C=O) groups is 3. The van der Waals surface area contributed by atoms with Crippen LogP contribution < -0.4 is 10.4 Å². The van der Waals surface area contributed by atoms with Crippen molar-refractivity contribution >= 4 is 60.8 Å². The Morgan fingerprint density at radius 2 is 1.73 bits per heavy atom. The van der Waals surface area contributed by atoms with Crippen molar-refractivity contribution in [2.75, 3.05) is 27.2 Å². The van der Waals surface area contributed by atoms with Crippen molar-refractivity contribution in [2.24, 2.45) is 0 Å². The molecule has 1 aliphatic heterocycles. The molecule has 0 radical (unpaired) electrons. The summed E-state index contributed by atoms with van der Waals surface area (Å²) in [7, 11) is -1.60. The zero-order valence-corrected chi connectivity index (χ0v) is 26.0. The lowest BCUT2D eigenvalue weighted by Gasteiger charge is -2.45. The van der Waals surface area contributed by atoms with E-state index in [1.165, 1.54) is 30.4 Å². The van der Waals surface area contributed by atoms with E-state index in [1.54, 1.807) is 42.7 Å². The first-order valence-electron chi connectivity index (χ1n) is 13.5. The van der Waals surface area contributed by atoms with E-state index in [0.717, 1.165) is 22.7 Å². The predicted octanol–water partition coefficient (Wildman–Crippen LogP) is 1.36. The average molecular weight is 658 g/mol. The molecule has 0 aliphatic carbocycles. The van der Waals surface area contributed by atoms with Gasteiger partial charge in [0.15, 0.2) is 5.82 Å². The molecule has 3 atom stereocenters. The number of hydrogen-bond donors (Lipinski definition) is 2. The lowest BCUT2D eigenvalue weighted by Crippen LogP contribution is -3.07. The Kier molecular flexibility index (Phi) is 9.34. The second kappa shape index (κ2) is 13.0. The highest BCUT2D eigenvalue weighted by Gasteiger charge is 2.44. The quantitative estimate of drug-likeness (QED) is 0.266. The van der Waals surface area contributed by atoms with Gasteiger partial charge < -0.3 is 20.5 Å². The molecule has 44 heavy (non-hydrogen) atoms. The van der Waals surface area contributed by atoms with Crippen molar-refractivity contribution < 1.29 is 27.9 Å². The molecular weight excluding hydrogens is 630 g/mol. The van der Waals surface area contributed by atoms with Crippen LogP contribution in [0.2, 0.25) is 5.02 Å². The second-order valence-electron chi connectivity index (χ2n) is 10.2. The number of nitrogens with zero attached hydrogens (tertiary/aromatic N) is 5. The third-order valence-corrected chi connectivity index (χ3v) is 10.9. The van der Waals surface area contributed by atoms with Crippen LogP contribution >= 0.6 is 22.9 Å². The topological polar surface area (TPSA) is 170 Å². The first-order chi connectivity index (χ1) is 21.0. The van der Waals surface area contributed by atoms with Crippen molar-refractivity contribution in [3.05, 3.63) is 77.0 Å². The Labute approximate surface area is 262 Å². The number of carbonyl (C=O) groups excluding carboxylic acids is 3. The third-order valence-electron chi connectivity index (χ3n) is 7.25. The van der Waals surface area contributed by atoms with E-state index >= 15 is 0 Å². The molecule has 0 spiro atoms. The van der Waals surface area contributed by atoms with Gasteiger partial charge in [-0.2, -0.15) is 4.31 Å². The minimum absolute atomic E-state index is 0.0463. The zero-order chi connectivity index (χ0) is 31.6. The molecule has 4 heterocycles. The summed E-state index contributed by atoms with van der Waals surface area (Å²) >= 11 is 7.14. The fourth-order valence-corrected chi connectivity index (χ4v) is 8.36. The molecule has 3 aromatic heterocycles. The number of halogens is 1. The van der Waals surface area contributed by atoms with Gasteiger partial charge in [0.05, 0.1) is 31.1 Å². The highest BCUT2D eigenvalue weighted by Crippen LogP contribution is 2.35. The Morgan fingerprint density at radius 3 is 2.36 bits per heavy atom. The van der Waals surface area contributed by atoms with Crippen molar-refractivity contribution in [2.45, 2.75) is 29.1 Å². The fraction of sp³-hybridized carbons (Fsp3) is 0.286. The molecule has 13 nitrogen and oxygen atoms in total. The summed E-state index contributed by atoms with van der Waals surface area (Å²) in [4.78, 5) is 53.2. The maximum atomic E-state index is 14.0. The minimum atomic E-state index is -4.14. The molecular formula is C28H28ClN7O6S2. The molecule has 3 amide bonds. The summed E-state index contributed by atoms with van der Waals surface area (Å²) in [6, 6.07) is 7.98. The molecule has 4 aromatic rings. The summed E-state index contributed by atoms with van der Waals surface area (Å²) in [5.74, 6) is -1.46. The summed E-state index contributed by atoms with van der Waals surface area (Å²) in [5.41, 5.74) is 0.756. The van der Waals surface area contributed by atoms with Gasteiger partial charge in [-0.05, 0) is 35.7 Å². The van der Waals surface area contributed by atoms with E-state index in [9.17, 15) is 28.0 Å². The van der Waals surface area contributed by atoms with Gasteiger partial charge in [0.2, 0.25) is 5.91 Å². The maximum absolute atomic E-state index is 14.0. The number of amides is 3. The number of nitrogens with one attached hydrogen (secondary N) is 2. The molecule has 3 unspecified atom stereocenters. The Balaban J connectivity index is 1.52. The smallest absolute Gasteiger partial charge is 0.313 e. The number of hydroxylamine groups is 2. The Bertz CT molecular complexity index is 1800. The molecule has 0 saturated carbocycles. The number of hydrogen-bond acceptors (Lipinski definition) is 10. The van der Waals surface area contributed by atoms with Gasteiger partial charge in [0.1, 0.15) is 4.21 Å². The molecule has 2 N–H and O–H groups in total. The van der Waals surface area contributed by atoms with Gasteiger partial charge in [0.25, 0.3) is 15.9 Å². The Hall–Kier alpha value is -3.86. The number of fused-ring (bicyclic) bond motifs is 1. The number of benzene rings is 1. The molecule has 1 aliphatic rings. The lowest BCUT2D eigenvalue weighted by molar-refractivity contribution is -0.741. The van der Waals surface area contributed by atoms with Crippen LogP contribution in [0, 0.1) is 5.21 Å². The van der Waals surface area contributed by atoms with Gasteiger partial charge in [0, 0.05) is 66.6 Å². The minimum Gasteiger partial charge on any atom is -0.627 e. The van der Waals surface area contributed by atoms with E-state index in [2.05, 4.69) is 20.3 Å². The van der Waals surface area contributed by atoms with E-state index in [1.807, 2.05) is 0 Å². The van der Waals surface area contributed by atoms with Crippen LogP contribution in [0.1, 0.15) is 23.2 Å². The molecule has 16 heteroatoms. The number of rotatable bonds is 8. The van der Waals surface area contributed by atoms with Crippen molar-refractivity contribution in [1.29, 1.82) is 0 Å². The third kappa shape index (κ3) is 6.62. The number of pyridine rings is 1. The van der Waals surface area contributed by atoms with Crippen molar-refractivity contribution in [3.8, 4) is 11.4 Å². The molecule has 0 bridgehead atoms. The molecule has 1 aromatic carbocycles. The van der Waals surface area contributed by atoms with Gasteiger partial charge in [-0.1, -0.05) is 17.7 Å². The predicted molar refractivity (Wildman–Crippen MR) is 163 cm³/mol. The number of piperazine rings is 1. The van der Waals surface area contributed by atoms with Crippen LogP contribution in [-0.2, 0) is 19.6 Å². The van der Waals surface area contributed by atoms with Gasteiger partial charge in [-0.3, -0.25) is 14.6 Å². The largest absolute Gasteiger partial charge is 0.627 e. The first kappa shape index (κ1) is 31.6.